The first-order valence-electron chi connectivity index (χ1n) is 11.2. The topological polar surface area (TPSA) is 112 Å². The lowest BCUT2D eigenvalue weighted by Crippen LogP contribution is -2.27. The van der Waals surface area contributed by atoms with Gasteiger partial charge in [-0.25, -0.2) is 14.5 Å². The fourth-order valence-electron chi connectivity index (χ4n) is 4.40. The fraction of sp³-hybridized carbons (Fsp3) is 0.417. The van der Waals surface area contributed by atoms with Gasteiger partial charge >= 0.3 is 0 Å². The molecular formula is C24H27N7O3. The fourth-order valence-corrected chi connectivity index (χ4v) is 4.40. The van der Waals surface area contributed by atoms with E-state index in [1.165, 1.54) is 0 Å². The average molecular weight is 462 g/mol. The van der Waals surface area contributed by atoms with Crippen LogP contribution in [0.5, 0.6) is 0 Å². The number of hydrogen-bond acceptors (Lipinski definition) is 6. The van der Waals surface area contributed by atoms with Crippen LogP contribution in [0.1, 0.15) is 57.1 Å². The summed E-state index contributed by atoms with van der Waals surface area (Å²) in [5.74, 6) is 1.25. The van der Waals surface area contributed by atoms with Crippen molar-refractivity contribution < 1.29 is 14.6 Å². The Morgan fingerprint density at radius 1 is 1.35 bits per heavy atom. The lowest BCUT2D eigenvalue weighted by atomic mass is 10.0. The highest BCUT2D eigenvalue weighted by Gasteiger charge is 2.26. The smallest absolute Gasteiger partial charge is 0.290 e. The number of rotatable bonds is 4. The van der Waals surface area contributed by atoms with E-state index in [-0.39, 0.29) is 18.6 Å². The van der Waals surface area contributed by atoms with Crippen LogP contribution in [0.15, 0.2) is 30.6 Å². The summed E-state index contributed by atoms with van der Waals surface area (Å²) >= 11 is 0. The Morgan fingerprint density at radius 3 is 2.82 bits per heavy atom. The minimum absolute atomic E-state index is 0.190. The van der Waals surface area contributed by atoms with E-state index in [0.29, 0.717) is 18.2 Å². The molecule has 34 heavy (non-hydrogen) atoms. The number of pyridine rings is 1. The number of carbonyl (C=O) groups is 1. The Morgan fingerprint density at radius 2 is 2.15 bits per heavy atom. The number of hydrogen-bond donors (Lipinski definition) is 1. The number of carboxylic acid groups (broad SMARTS) is 1. The zero-order valence-corrected chi connectivity index (χ0v) is 19.4. The molecule has 0 aliphatic carbocycles. The van der Waals surface area contributed by atoms with Gasteiger partial charge in [-0.2, -0.15) is 0 Å². The lowest BCUT2D eigenvalue weighted by molar-refractivity contribution is -0.122. The molecule has 0 amide bonds. The van der Waals surface area contributed by atoms with E-state index in [2.05, 4.69) is 45.5 Å². The van der Waals surface area contributed by atoms with Crippen molar-refractivity contribution in [3.63, 3.8) is 0 Å². The predicted molar refractivity (Wildman–Crippen MR) is 127 cm³/mol. The van der Waals surface area contributed by atoms with Crippen LogP contribution < -0.4 is 0 Å². The molecular weight excluding hydrogens is 434 g/mol. The molecule has 0 spiro atoms. The van der Waals surface area contributed by atoms with Crippen LogP contribution in [0, 0.1) is 6.57 Å². The molecule has 4 aromatic rings. The molecule has 3 aromatic heterocycles. The Hall–Kier alpha value is -3.84. The van der Waals surface area contributed by atoms with Gasteiger partial charge in [-0.1, -0.05) is 25.1 Å². The van der Waals surface area contributed by atoms with E-state index in [0.717, 1.165) is 52.9 Å². The Bertz CT molecular complexity index is 1350. The van der Waals surface area contributed by atoms with Crippen molar-refractivity contribution in [3.05, 3.63) is 53.5 Å². The summed E-state index contributed by atoms with van der Waals surface area (Å²) in [6.45, 7) is 14.8. The molecule has 176 valence electrons. The second-order valence-electron chi connectivity index (χ2n) is 8.66. The summed E-state index contributed by atoms with van der Waals surface area (Å²) in [4.78, 5) is 21.5. The lowest BCUT2D eigenvalue weighted by Gasteiger charge is -2.30. The van der Waals surface area contributed by atoms with Crippen LogP contribution in [-0.2, 0) is 16.1 Å². The number of benzene rings is 1. The van der Waals surface area contributed by atoms with Crippen molar-refractivity contribution in [1.29, 1.82) is 0 Å². The highest BCUT2D eigenvalue weighted by Crippen LogP contribution is 2.35. The first-order chi connectivity index (χ1) is 16.4. The van der Waals surface area contributed by atoms with Crippen LogP contribution in [0.25, 0.3) is 26.8 Å². The summed E-state index contributed by atoms with van der Waals surface area (Å²) < 4.78 is 10.0. The van der Waals surface area contributed by atoms with Gasteiger partial charge in [0.25, 0.3) is 6.47 Å². The van der Waals surface area contributed by atoms with Gasteiger partial charge in [0, 0.05) is 24.2 Å². The van der Waals surface area contributed by atoms with Gasteiger partial charge in [-0.15, -0.1) is 5.10 Å². The highest BCUT2D eigenvalue weighted by atomic mass is 16.5. The Kier molecular flexibility index (Phi) is 6.84. The standard InChI is InChI=1S/C23H25N7O.CH2O2/c1-14(2)21-12-29(28-27-21)13-22-26-20-11-25-19-6-5-16(24-4)10-18(19)23(20)30(22)17-7-8-31-15(3)9-17;2-1-3/h5-6,10-12,14-15,17H,7-9,13H2,1-3H3;1H,(H,2,3)/t15-,17-;/m1./s1. The molecule has 1 aliphatic rings. The molecule has 1 aromatic carbocycles. The van der Waals surface area contributed by atoms with E-state index >= 15 is 0 Å². The molecule has 10 heteroatoms. The number of aromatic nitrogens is 6. The van der Waals surface area contributed by atoms with Crippen LogP contribution in [0.4, 0.5) is 5.69 Å². The maximum atomic E-state index is 8.36. The second kappa shape index (κ2) is 9.97. The monoisotopic (exact) mass is 461 g/mol. The number of nitrogens with zero attached hydrogens (tertiary/aromatic N) is 7. The van der Waals surface area contributed by atoms with Crippen molar-refractivity contribution in [2.24, 2.45) is 0 Å². The van der Waals surface area contributed by atoms with Gasteiger partial charge in [0.05, 0.1) is 35.6 Å². The zero-order valence-electron chi connectivity index (χ0n) is 19.4. The van der Waals surface area contributed by atoms with Gasteiger partial charge in [-0.3, -0.25) is 9.78 Å². The zero-order chi connectivity index (χ0) is 24.2. The molecule has 2 atom stereocenters. The van der Waals surface area contributed by atoms with Gasteiger partial charge in [-0.05, 0) is 37.8 Å². The molecule has 0 radical (unpaired) electrons. The molecule has 4 heterocycles. The van der Waals surface area contributed by atoms with Crippen molar-refractivity contribution in [2.45, 2.75) is 58.2 Å². The molecule has 0 bridgehead atoms. The van der Waals surface area contributed by atoms with E-state index in [4.69, 9.17) is 26.2 Å². The average Bonchev–Trinajstić information content (AvgIpc) is 3.44. The Balaban J connectivity index is 0.000000868. The second-order valence-corrected chi connectivity index (χ2v) is 8.66. The van der Waals surface area contributed by atoms with E-state index < -0.39 is 0 Å². The number of fused-ring (bicyclic) bond motifs is 3. The molecule has 0 unspecified atom stereocenters. The van der Waals surface area contributed by atoms with Gasteiger partial charge < -0.3 is 14.4 Å². The van der Waals surface area contributed by atoms with Crippen molar-refractivity contribution in [2.75, 3.05) is 6.61 Å². The van der Waals surface area contributed by atoms with Crippen molar-refractivity contribution in [1.82, 2.24) is 29.5 Å². The minimum Gasteiger partial charge on any atom is -0.483 e. The summed E-state index contributed by atoms with van der Waals surface area (Å²) in [6.07, 6.45) is 5.85. The molecule has 0 saturated carbocycles. The van der Waals surface area contributed by atoms with E-state index in [1.807, 2.05) is 35.3 Å². The predicted octanol–water partition coefficient (Wildman–Crippen LogP) is 4.34. The minimum atomic E-state index is -0.250. The quantitative estimate of drug-likeness (QED) is 0.355. The van der Waals surface area contributed by atoms with Gasteiger partial charge in [0.15, 0.2) is 5.69 Å². The van der Waals surface area contributed by atoms with Crippen LogP contribution in [0.3, 0.4) is 0 Å². The largest absolute Gasteiger partial charge is 0.483 e. The first kappa shape index (κ1) is 23.3. The molecule has 5 rings (SSSR count). The highest BCUT2D eigenvalue weighted by molar-refractivity contribution is 6.03. The normalized spacial score (nSPS) is 18.0. The molecule has 1 fully saturated rings. The van der Waals surface area contributed by atoms with Crippen molar-refractivity contribution in [3.8, 4) is 0 Å². The SMILES string of the molecule is O=CO.[C-]#[N+]c1ccc2ncc3nc(Cn4cc(C(C)C)nn4)n([C@@H]4CCO[C@H](C)C4)c3c2c1. The third kappa shape index (κ3) is 4.61. The van der Waals surface area contributed by atoms with Crippen LogP contribution in [0.2, 0.25) is 0 Å². The van der Waals surface area contributed by atoms with Crippen LogP contribution >= 0.6 is 0 Å². The summed E-state index contributed by atoms with van der Waals surface area (Å²) in [5.41, 5.74) is 4.32. The van der Waals surface area contributed by atoms with Crippen LogP contribution in [-0.4, -0.2) is 53.8 Å². The third-order valence-corrected chi connectivity index (χ3v) is 5.98. The first-order valence-corrected chi connectivity index (χ1v) is 11.2. The summed E-state index contributed by atoms with van der Waals surface area (Å²) in [7, 11) is 0. The van der Waals surface area contributed by atoms with E-state index in [9.17, 15) is 0 Å². The molecule has 1 aliphatic heterocycles. The van der Waals surface area contributed by atoms with Gasteiger partial charge in [0.1, 0.15) is 17.9 Å². The van der Waals surface area contributed by atoms with Crippen molar-refractivity contribution >= 4 is 34.1 Å². The number of imidazole rings is 1. The molecule has 1 N–H and O–H groups in total. The molecule has 1 saturated heterocycles. The summed E-state index contributed by atoms with van der Waals surface area (Å²) in [5, 5.41) is 16.5. The molecule has 10 nitrogen and oxygen atoms in total. The Labute approximate surface area is 197 Å². The summed E-state index contributed by atoms with van der Waals surface area (Å²) in [6, 6.07) is 5.92. The maximum absolute atomic E-state index is 8.36. The third-order valence-electron chi connectivity index (χ3n) is 5.98. The maximum Gasteiger partial charge on any atom is 0.290 e. The van der Waals surface area contributed by atoms with Gasteiger partial charge in [0.2, 0.25) is 0 Å². The van der Waals surface area contributed by atoms with E-state index in [1.54, 1.807) is 0 Å². The number of ether oxygens (including phenoxy) is 1.